The lowest BCUT2D eigenvalue weighted by molar-refractivity contribution is -0.117. The quantitative estimate of drug-likeness (QED) is 0.392. The number of hydrogen-bond acceptors (Lipinski definition) is 2. The molecule has 0 bridgehead atoms. The minimum Gasteiger partial charge on any atom is -0.351 e. The Hall–Kier alpha value is -1.35. The molecular weight excluding hydrogens is 200 g/mol. The zero-order valence-corrected chi connectivity index (χ0v) is 10.4. The van der Waals surface area contributed by atoms with E-state index >= 15 is 0 Å². The normalized spacial score (nSPS) is 12.1. The average molecular weight is 222 g/mol. The SMILES string of the molecule is C=C/C(=C\C=C/C)C(=O)NCCNC(C)C. The van der Waals surface area contributed by atoms with E-state index in [0.717, 1.165) is 6.54 Å². The van der Waals surface area contributed by atoms with Gasteiger partial charge in [-0.1, -0.05) is 38.7 Å². The second kappa shape index (κ2) is 8.92. The molecule has 0 saturated carbocycles. The van der Waals surface area contributed by atoms with Gasteiger partial charge >= 0.3 is 0 Å². The van der Waals surface area contributed by atoms with Crippen LogP contribution in [0.25, 0.3) is 0 Å². The van der Waals surface area contributed by atoms with Crippen LogP contribution in [0.3, 0.4) is 0 Å². The molecule has 0 aromatic heterocycles. The van der Waals surface area contributed by atoms with Crippen molar-refractivity contribution in [2.45, 2.75) is 26.8 Å². The van der Waals surface area contributed by atoms with Crippen molar-refractivity contribution >= 4 is 5.91 Å². The fourth-order valence-corrected chi connectivity index (χ4v) is 1.08. The van der Waals surface area contributed by atoms with Crippen molar-refractivity contribution in [2.24, 2.45) is 0 Å². The summed E-state index contributed by atoms with van der Waals surface area (Å²) in [5.74, 6) is -0.0846. The fourth-order valence-electron chi connectivity index (χ4n) is 1.08. The Morgan fingerprint density at radius 2 is 2.06 bits per heavy atom. The molecule has 0 aliphatic heterocycles. The Morgan fingerprint density at radius 1 is 1.38 bits per heavy atom. The lowest BCUT2D eigenvalue weighted by atomic mass is 10.2. The lowest BCUT2D eigenvalue weighted by Crippen LogP contribution is -2.35. The van der Waals surface area contributed by atoms with Crippen LogP contribution in [0.1, 0.15) is 20.8 Å². The maximum atomic E-state index is 11.6. The van der Waals surface area contributed by atoms with E-state index in [4.69, 9.17) is 0 Å². The van der Waals surface area contributed by atoms with E-state index in [9.17, 15) is 4.79 Å². The van der Waals surface area contributed by atoms with Gasteiger partial charge in [0.2, 0.25) is 0 Å². The van der Waals surface area contributed by atoms with Crippen LogP contribution in [0.2, 0.25) is 0 Å². The van der Waals surface area contributed by atoms with Gasteiger partial charge in [0.15, 0.2) is 0 Å². The summed E-state index contributed by atoms with van der Waals surface area (Å²) in [6, 6.07) is 0.439. The third kappa shape index (κ3) is 7.01. The molecule has 0 atom stereocenters. The fraction of sp³-hybridized carbons (Fsp3) is 0.462. The standard InChI is InChI=1S/C13H22N2O/c1-5-7-8-12(6-2)13(16)15-10-9-14-11(3)4/h5-8,11,14H,2,9-10H2,1,3-4H3,(H,15,16)/b7-5-,12-8+. The van der Waals surface area contributed by atoms with Crippen molar-refractivity contribution in [3.63, 3.8) is 0 Å². The van der Waals surface area contributed by atoms with Crippen molar-refractivity contribution in [3.8, 4) is 0 Å². The zero-order chi connectivity index (χ0) is 12.4. The van der Waals surface area contributed by atoms with Gasteiger partial charge in [-0.3, -0.25) is 4.79 Å². The van der Waals surface area contributed by atoms with Crippen molar-refractivity contribution in [3.05, 3.63) is 36.5 Å². The van der Waals surface area contributed by atoms with Gasteiger partial charge in [0.05, 0.1) is 0 Å². The van der Waals surface area contributed by atoms with Crippen LogP contribution in [0.15, 0.2) is 36.5 Å². The maximum absolute atomic E-state index is 11.6. The summed E-state index contributed by atoms with van der Waals surface area (Å²) in [4.78, 5) is 11.6. The van der Waals surface area contributed by atoms with E-state index in [0.29, 0.717) is 18.2 Å². The van der Waals surface area contributed by atoms with Crippen LogP contribution in [0, 0.1) is 0 Å². The first-order valence-corrected chi connectivity index (χ1v) is 5.58. The average Bonchev–Trinajstić information content (AvgIpc) is 2.25. The van der Waals surface area contributed by atoms with E-state index in [1.165, 1.54) is 0 Å². The molecule has 0 aliphatic rings. The smallest absolute Gasteiger partial charge is 0.251 e. The Kier molecular flexibility index (Phi) is 8.17. The van der Waals surface area contributed by atoms with Gasteiger partial charge in [-0.25, -0.2) is 0 Å². The first kappa shape index (κ1) is 14.6. The van der Waals surface area contributed by atoms with Crippen molar-refractivity contribution in [2.75, 3.05) is 13.1 Å². The van der Waals surface area contributed by atoms with Gasteiger partial charge in [0.1, 0.15) is 0 Å². The highest BCUT2D eigenvalue weighted by molar-refractivity contribution is 5.96. The van der Waals surface area contributed by atoms with Crippen molar-refractivity contribution in [1.29, 1.82) is 0 Å². The van der Waals surface area contributed by atoms with Crippen LogP contribution in [0.4, 0.5) is 0 Å². The summed E-state index contributed by atoms with van der Waals surface area (Å²) in [6.07, 6.45) is 7.00. The molecule has 0 heterocycles. The molecule has 0 unspecified atom stereocenters. The van der Waals surface area contributed by atoms with Gasteiger partial charge in [-0.05, 0) is 13.0 Å². The number of carbonyl (C=O) groups is 1. The van der Waals surface area contributed by atoms with Gasteiger partial charge in [-0.15, -0.1) is 0 Å². The van der Waals surface area contributed by atoms with Crippen LogP contribution >= 0.6 is 0 Å². The van der Waals surface area contributed by atoms with Crippen LogP contribution in [-0.2, 0) is 4.79 Å². The molecule has 0 saturated heterocycles. The Bertz CT molecular complexity index is 278. The highest BCUT2D eigenvalue weighted by Gasteiger charge is 2.03. The molecule has 16 heavy (non-hydrogen) atoms. The Balaban J connectivity index is 3.99. The van der Waals surface area contributed by atoms with E-state index in [-0.39, 0.29) is 5.91 Å². The number of hydrogen-bond donors (Lipinski definition) is 2. The molecule has 0 fully saturated rings. The highest BCUT2D eigenvalue weighted by Crippen LogP contribution is 1.96. The largest absolute Gasteiger partial charge is 0.351 e. The summed E-state index contributed by atoms with van der Waals surface area (Å²) in [5, 5.41) is 6.05. The molecule has 0 aromatic rings. The monoisotopic (exact) mass is 222 g/mol. The van der Waals surface area contributed by atoms with E-state index in [1.54, 1.807) is 12.2 Å². The van der Waals surface area contributed by atoms with E-state index in [1.807, 2.05) is 19.1 Å². The highest BCUT2D eigenvalue weighted by atomic mass is 16.1. The predicted molar refractivity (Wildman–Crippen MR) is 69.2 cm³/mol. The minimum absolute atomic E-state index is 0.0846. The van der Waals surface area contributed by atoms with E-state index in [2.05, 4.69) is 31.1 Å². The van der Waals surface area contributed by atoms with Gasteiger partial charge in [0.25, 0.3) is 5.91 Å². The lowest BCUT2D eigenvalue weighted by Gasteiger charge is -2.09. The number of nitrogens with one attached hydrogen (secondary N) is 2. The van der Waals surface area contributed by atoms with E-state index < -0.39 is 0 Å². The third-order valence-electron chi connectivity index (χ3n) is 1.91. The molecule has 0 spiro atoms. The summed E-state index contributed by atoms with van der Waals surface area (Å²) < 4.78 is 0. The Labute approximate surface area is 98.3 Å². The molecule has 90 valence electrons. The molecule has 0 aliphatic carbocycles. The van der Waals surface area contributed by atoms with Gasteiger partial charge in [0, 0.05) is 24.7 Å². The Morgan fingerprint density at radius 3 is 2.56 bits per heavy atom. The molecule has 1 amide bonds. The van der Waals surface area contributed by atoms with Gasteiger partial charge < -0.3 is 10.6 Å². The molecule has 3 heteroatoms. The molecule has 3 nitrogen and oxygen atoms in total. The first-order valence-electron chi connectivity index (χ1n) is 5.58. The van der Waals surface area contributed by atoms with Crippen molar-refractivity contribution in [1.82, 2.24) is 10.6 Å². The second-order valence-corrected chi connectivity index (χ2v) is 3.72. The van der Waals surface area contributed by atoms with Crippen LogP contribution in [0.5, 0.6) is 0 Å². The zero-order valence-electron chi connectivity index (χ0n) is 10.4. The summed E-state index contributed by atoms with van der Waals surface area (Å²) in [6.45, 7) is 11.1. The summed E-state index contributed by atoms with van der Waals surface area (Å²) in [5.41, 5.74) is 0.586. The van der Waals surface area contributed by atoms with Gasteiger partial charge in [-0.2, -0.15) is 0 Å². The minimum atomic E-state index is -0.0846. The molecule has 0 rings (SSSR count). The third-order valence-corrected chi connectivity index (χ3v) is 1.91. The summed E-state index contributed by atoms with van der Waals surface area (Å²) >= 11 is 0. The summed E-state index contributed by atoms with van der Waals surface area (Å²) in [7, 11) is 0. The van der Waals surface area contributed by atoms with Crippen LogP contribution in [-0.4, -0.2) is 25.0 Å². The number of rotatable bonds is 7. The molecule has 2 N–H and O–H groups in total. The predicted octanol–water partition coefficient (Wildman–Crippen LogP) is 1.79. The van der Waals surface area contributed by atoms with Crippen molar-refractivity contribution < 1.29 is 4.79 Å². The molecule has 0 aromatic carbocycles. The molecule has 0 radical (unpaired) electrons. The topological polar surface area (TPSA) is 41.1 Å². The number of carbonyl (C=O) groups excluding carboxylic acids is 1. The maximum Gasteiger partial charge on any atom is 0.251 e. The van der Waals surface area contributed by atoms with Crippen LogP contribution < -0.4 is 10.6 Å². The number of amides is 1. The molecular formula is C13H22N2O. The first-order chi connectivity index (χ1) is 7.61. The second-order valence-electron chi connectivity index (χ2n) is 3.72. The number of allylic oxidation sites excluding steroid dienone is 3.